The molecular weight excluding hydrogens is 422 g/mol. The summed E-state index contributed by atoms with van der Waals surface area (Å²) >= 11 is 6.12. The van der Waals surface area contributed by atoms with E-state index in [2.05, 4.69) is 5.32 Å². The van der Waals surface area contributed by atoms with Crippen LogP contribution in [-0.4, -0.2) is 31.1 Å². The standard InChI is InChI=1S/C22H18ClN3O5/c1-3-30-19-11-14(5-7-18(19)31-9-8-24)10-16-20(27)25-22(29)26(21(16)28)15-6-4-13(2)17(23)12-15/h4-7,10-12H,3,9H2,1-2H3,(H,25,27,29)/b16-10-. The summed E-state index contributed by atoms with van der Waals surface area (Å²) in [5, 5.41) is 11.3. The zero-order valence-electron chi connectivity index (χ0n) is 16.8. The number of aryl methyl sites for hydroxylation is 1. The van der Waals surface area contributed by atoms with Gasteiger partial charge in [-0.3, -0.25) is 14.9 Å². The molecule has 0 bridgehead atoms. The number of nitrogens with one attached hydrogen (secondary N) is 1. The Morgan fingerprint density at radius 3 is 2.58 bits per heavy atom. The molecular formula is C22H18ClN3O5. The second-order valence-electron chi connectivity index (χ2n) is 6.48. The smallest absolute Gasteiger partial charge is 0.335 e. The number of barbiturate groups is 1. The molecule has 0 aliphatic carbocycles. The van der Waals surface area contributed by atoms with E-state index >= 15 is 0 Å². The molecule has 4 amide bonds. The molecule has 0 unspecified atom stereocenters. The summed E-state index contributed by atoms with van der Waals surface area (Å²) in [4.78, 5) is 38.6. The Morgan fingerprint density at radius 1 is 1.13 bits per heavy atom. The van der Waals surface area contributed by atoms with Crippen molar-refractivity contribution in [1.82, 2.24) is 5.32 Å². The van der Waals surface area contributed by atoms with Gasteiger partial charge in [0.15, 0.2) is 18.1 Å². The minimum Gasteiger partial charge on any atom is -0.490 e. The molecule has 1 fully saturated rings. The molecule has 31 heavy (non-hydrogen) atoms. The highest BCUT2D eigenvalue weighted by atomic mass is 35.5. The van der Waals surface area contributed by atoms with Crippen LogP contribution in [0.25, 0.3) is 6.08 Å². The molecule has 8 nitrogen and oxygen atoms in total. The monoisotopic (exact) mass is 439 g/mol. The number of hydrogen-bond donors (Lipinski definition) is 1. The van der Waals surface area contributed by atoms with Gasteiger partial charge < -0.3 is 9.47 Å². The molecule has 1 saturated heterocycles. The number of urea groups is 1. The maximum atomic E-state index is 13.0. The third-order valence-electron chi connectivity index (χ3n) is 4.39. The van der Waals surface area contributed by atoms with Crippen LogP contribution in [0, 0.1) is 18.3 Å². The van der Waals surface area contributed by atoms with Crippen molar-refractivity contribution >= 4 is 41.2 Å². The van der Waals surface area contributed by atoms with Gasteiger partial charge in [-0.1, -0.05) is 23.7 Å². The summed E-state index contributed by atoms with van der Waals surface area (Å²) in [7, 11) is 0. The van der Waals surface area contributed by atoms with E-state index in [0.717, 1.165) is 10.5 Å². The molecule has 1 N–H and O–H groups in total. The van der Waals surface area contributed by atoms with Gasteiger partial charge >= 0.3 is 6.03 Å². The maximum absolute atomic E-state index is 13.0. The molecule has 0 aromatic heterocycles. The van der Waals surface area contributed by atoms with Crippen molar-refractivity contribution in [3.63, 3.8) is 0 Å². The average molecular weight is 440 g/mol. The summed E-state index contributed by atoms with van der Waals surface area (Å²) in [6, 6.07) is 10.5. The van der Waals surface area contributed by atoms with Crippen LogP contribution in [0.4, 0.5) is 10.5 Å². The van der Waals surface area contributed by atoms with E-state index < -0.39 is 17.8 Å². The van der Waals surface area contributed by atoms with Crippen molar-refractivity contribution < 1.29 is 23.9 Å². The lowest BCUT2D eigenvalue weighted by molar-refractivity contribution is -0.122. The van der Waals surface area contributed by atoms with Crippen LogP contribution in [0.5, 0.6) is 11.5 Å². The first-order valence-electron chi connectivity index (χ1n) is 9.30. The van der Waals surface area contributed by atoms with Gasteiger partial charge in [-0.2, -0.15) is 5.26 Å². The number of halogens is 1. The molecule has 3 rings (SSSR count). The second-order valence-corrected chi connectivity index (χ2v) is 6.88. The summed E-state index contributed by atoms with van der Waals surface area (Å²) in [5.74, 6) is -0.881. The van der Waals surface area contributed by atoms with Crippen LogP contribution in [0.2, 0.25) is 5.02 Å². The SMILES string of the molecule is CCOc1cc(/C=C2/C(=O)NC(=O)N(c3ccc(C)c(Cl)c3)C2=O)ccc1OCC#N. The maximum Gasteiger partial charge on any atom is 0.335 e. The summed E-state index contributed by atoms with van der Waals surface area (Å²) in [6.07, 6.45) is 1.35. The third kappa shape index (κ3) is 4.68. The van der Waals surface area contributed by atoms with Gasteiger partial charge in [0.2, 0.25) is 0 Å². The van der Waals surface area contributed by atoms with E-state index in [-0.39, 0.29) is 17.9 Å². The predicted octanol–water partition coefficient (Wildman–Crippen LogP) is 3.62. The number of amides is 4. The number of rotatable bonds is 6. The highest BCUT2D eigenvalue weighted by Gasteiger charge is 2.37. The zero-order valence-corrected chi connectivity index (χ0v) is 17.5. The van der Waals surface area contributed by atoms with Crippen molar-refractivity contribution in [2.45, 2.75) is 13.8 Å². The first-order chi connectivity index (χ1) is 14.8. The predicted molar refractivity (Wildman–Crippen MR) is 114 cm³/mol. The first-order valence-corrected chi connectivity index (χ1v) is 9.67. The van der Waals surface area contributed by atoms with Crippen molar-refractivity contribution in [3.8, 4) is 17.6 Å². The molecule has 1 aliphatic rings. The van der Waals surface area contributed by atoms with Crippen molar-refractivity contribution in [2.75, 3.05) is 18.1 Å². The molecule has 0 atom stereocenters. The van der Waals surface area contributed by atoms with E-state index in [4.69, 9.17) is 26.3 Å². The highest BCUT2D eigenvalue weighted by molar-refractivity contribution is 6.39. The number of nitrogens with zero attached hydrogens (tertiary/aromatic N) is 2. The molecule has 1 aliphatic heterocycles. The van der Waals surface area contributed by atoms with Gasteiger partial charge in [0.05, 0.1) is 12.3 Å². The lowest BCUT2D eigenvalue weighted by atomic mass is 10.1. The van der Waals surface area contributed by atoms with Crippen LogP contribution in [0.1, 0.15) is 18.1 Å². The van der Waals surface area contributed by atoms with Crippen LogP contribution in [-0.2, 0) is 9.59 Å². The fraction of sp³-hybridized carbons (Fsp3) is 0.182. The van der Waals surface area contributed by atoms with E-state index in [1.165, 1.54) is 12.1 Å². The van der Waals surface area contributed by atoms with Gasteiger partial charge in [-0.05, 0) is 55.3 Å². The van der Waals surface area contributed by atoms with Gasteiger partial charge in [-0.15, -0.1) is 0 Å². The molecule has 2 aromatic rings. The highest BCUT2D eigenvalue weighted by Crippen LogP contribution is 2.31. The van der Waals surface area contributed by atoms with E-state index in [9.17, 15) is 14.4 Å². The molecule has 0 spiro atoms. The number of anilines is 1. The largest absolute Gasteiger partial charge is 0.490 e. The van der Waals surface area contributed by atoms with Gasteiger partial charge in [0, 0.05) is 5.02 Å². The van der Waals surface area contributed by atoms with Crippen LogP contribution in [0.3, 0.4) is 0 Å². The lowest BCUT2D eigenvalue weighted by Gasteiger charge is -2.26. The molecule has 0 saturated carbocycles. The first kappa shape index (κ1) is 21.9. The minimum atomic E-state index is -0.859. The second kappa shape index (κ2) is 9.32. The summed E-state index contributed by atoms with van der Waals surface area (Å²) < 4.78 is 10.8. The Labute approximate surface area is 183 Å². The number of nitriles is 1. The number of carbonyl (C=O) groups excluding carboxylic acids is 3. The lowest BCUT2D eigenvalue weighted by Crippen LogP contribution is -2.54. The Kier molecular flexibility index (Phi) is 6.58. The van der Waals surface area contributed by atoms with E-state index in [0.29, 0.717) is 28.7 Å². The molecule has 0 radical (unpaired) electrons. The Hall–Kier alpha value is -3.83. The fourth-order valence-electron chi connectivity index (χ4n) is 2.89. The number of ether oxygens (including phenoxy) is 2. The number of benzene rings is 2. The van der Waals surface area contributed by atoms with E-state index in [1.54, 1.807) is 44.2 Å². The molecule has 9 heteroatoms. The number of hydrogen-bond acceptors (Lipinski definition) is 6. The fourth-order valence-corrected chi connectivity index (χ4v) is 3.07. The molecule has 1 heterocycles. The Morgan fingerprint density at radius 2 is 1.90 bits per heavy atom. The number of imide groups is 2. The quantitative estimate of drug-likeness (QED) is 0.544. The van der Waals surface area contributed by atoms with Gasteiger partial charge in [0.25, 0.3) is 11.8 Å². The van der Waals surface area contributed by atoms with Crippen molar-refractivity contribution in [3.05, 3.63) is 58.1 Å². The zero-order chi connectivity index (χ0) is 22.5. The molecule has 158 valence electrons. The Bertz CT molecular complexity index is 1140. The summed E-state index contributed by atoms with van der Waals surface area (Å²) in [6.45, 7) is 3.77. The van der Waals surface area contributed by atoms with Gasteiger partial charge in [0.1, 0.15) is 11.6 Å². The third-order valence-corrected chi connectivity index (χ3v) is 4.79. The Balaban J connectivity index is 1.98. The summed E-state index contributed by atoms with van der Waals surface area (Å²) in [5.41, 5.74) is 1.27. The molecule has 2 aromatic carbocycles. The van der Waals surface area contributed by atoms with Crippen LogP contribution >= 0.6 is 11.6 Å². The van der Waals surface area contributed by atoms with Crippen molar-refractivity contribution in [1.29, 1.82) is 5.26 Å². The van der Waals surface area contributed by atoms with Crippen LogP contribution in [0.15, 0.2) is 42.0 Å². The van der Waals surface area contributed by atoms with E-state index in [1.807, 2.05) is 6.07 Å². The normalized spacial score (nSPS) is 15.0. The van der Waals surface area contributed by atoms with Gasteiger partial charge in [-0.25, -0.2) is 9.69 Å². The van der Waals surface area contributed by atoms with Crippen molar-refractivity contribution in [2.24, 2.45) is 0 Å². The minimum absolute atomic E-state index is 0.155. The average Bonchev–Trinajstić information content (AvgIpc) is 2.73. The van der Waals surface area contributed by atoms with Crippen LogP contribution < -0.4 is 19.7 Å². The number of carbonyl (C=O) groups is 3. The topological polar surface area (TPSA) is 109 Å².